The molecule has 0 aliphatic carbocycles. The van der Waals surface area contributed by atoms with E-state index in [1.165, 1.54) is 6.07 Å². The Kier molecular flexibility index (Phi) is 3.30. The first-order chi connectivity index (χ1) is 8.15. The van der Waals surface area contributed by atoms with Crippen LogP contribution in [0.3, 0.4) is 0 Å². The second-order valence-electron chi connectivity index (χ2n) is 3.29. The van der Waals surface area contributed by atoms with Crippen LogP contribution in [0.15, 0.2) is 34.9 Å². The predicted octanol–water partition coefficient (Wildman–Crippen LogP) is 2.64. The van der Waals surface area contributed by atoms with Crippen LogP contribution in [0, 0.1) is 0 Å². The highest BCUT2D eigenvalue weighted by molar-refractivity contribution is 6.29. The summed E-state index contributed by atoms with van der Waals surface area (Å²) in [5, 5.41) is 12.1. The molecule has 0 atom stereocenters. The van der Waals surface area contributed by atoms with Gasteiger partial charge in [0, 0.05) is 11.9 Å². The van der Waals surface area contributed by atoms with Gasteiger partial charge in [0.05, 0.1) is 6.54 Å². The van der Waals surface area contributed by atoms with E-state index in [-0.39, 0.29) is 5.76 Å². The SMILES string of the molecule is O=C(O)c1ccc(CNc2ccnc(Cl)c2)o1. The molecule has 5 nitrogen and oxygen atoms in total. The average molecular weight is 253 g/mol. The Morgan fingerprint density at radius 1 is 1.47 bits per heavy atom. The number of rotatable bonds is 4. The first kappa shape index (κ1) is 11.5. The van der Waals surface area contributed by atoms with Crippen LogP contribution in [0.5, 0.6) is 0 Å². The van der Waals surface area contributed by atoms with Gasteiger partial charge in [0.1, 0.15) is 10.9 Å². The monoisotopic (exact) mass is 252 g/mol. The van der Waals surface area contributed by atoms with Crippen molar-refractivity contribution in [1.29, 1.82) is 0 Å². The molecule has 0 spiro atoms. The molecule has 0 unspecified atom stereocenters. The zero-order valence-corrected chi connectivity index (χ0v) is 9.44. The molecule has 0 saturated carbocycles. The van der Waals surface area contributed by atoms with Crippen molar-refractivity contribution in [1.82, 2.24) is 4.98 Å². The molecular weight excluding hydrogens is 244 g/mol. The number of aromatic carboxylic acids is 1. The second kappa shape index (κ2) is 4.88. The maximum absolute atomic E-state index is 10.6. The summed E-state index contributed by atoms with van der Waals surface area (Å²) in [5.74, 6) is -0.617. The van der Waals surface area contributed by atoms with Gasteiger partial charge in [-0.05, 0) is 24.3 Å². The van der Waals surface area contributed by atoms with Gasteiger partial charge in [0.2, 0.25) is 5.76 Å². The number of carboxylic acid groups (broad SMARTS) is 1. The normalized spacial score (nSPS) is 10.2. The largest absolute Gasteiger partial charge is 0.475 e. The summed E-state index contributed by atoms with van der Waals surface area (Å²) < 4.78 is 5.09. The summed E-state index contributed by atoms with van der Waals surface area (Å²) in [5.41, 5.74) is 0.790. The molecule has 6 heteroatoms. The van der Waals surface area contributed by atoms with E-state index >= 15 is 0 Å². The summed E-state index contributed by atoms with van der Waals surface area (Å²) >= 11 is 5.72. The minimum Gasteiger partial charge on any atom is -0.475 e. The van der Waals surface area contributed by atoms with Crippen LogP contribution < -0.4 is 5.32 Å². The standard InChI is InChI=1S/C11H9ClN2O3/c12-10-5-7(3-4-13-10)14-6-8-1-2-9(17-8)11(15)16/h1-5H,6H2,(H,13,14)(H,15,16). The lowest BCUT2D eigenvalue weighted by molar-refractivity contribution is 0.0660. The smallest absolute Gasteiger partial charge is 0.371 e. The fourth-order valence-electron chi connectivity index (χ4n) is 1.29. The van der Waals surface area contributed by atoms with Crippen LogP contribution in [-0.4, -0.2) is 16.1 Å². The third-order valence-electron chi connectivity index (χ3n) is 2.07. The Morgan fingerprint density at radius 2 is 2.29 bits per heavy atom. The lowest BCUT2D eigenvalue weighted by Gasteiger charge is -2.03. The van der Waals surface area contributed by atoms with Gasteiger partial charge in [-0.1, -0.05) is 11.6 Å². The summed E-state index contributed by atoms with van der Waals surface area (Å²) in [6.45, 7) is 0.383. The molecule has 2 rings (SSSR count). The van der Waals surface area contributed by atoms with Crippen LogP contribution in [0.4, 0.5) is 5.69 Å². The molecular formula is C11H9ClN2O3. The summed E-state index contributed by atoms with van der Waals surface area (Å²) in [6, 6.07) is 6.45. The van der Waals surface area contributed by atoms with E-state index in [9.17, 15) is 4.79 Å². The molecule has 0 radical (unpaired) electrons. The van der Waals surface area contributed by atoms with Crippen molar-refractivity contribution in [3.8, 4) is 0 Å². The molecule has 0 aliphatic rings. The Labute approximate surface area is 102 Å². The number of furan rings is 1. The lowest BCUT2D eigenvalue weighted by Crippen LogP contribution is -1.98. The number of nitrogens with one attached hydrogen (secondary N) is 1. The average Bonchev–Trinajstić information content (AvgIpc) is 2.75. The van der Waals surface area contributed by atoms with E-state index in [1.807, 2.05) is 0 Å². The molecule has 17 heavy (non-hydrogen) atoms. The van der Waals surface area contributed by atoms with Gasteiger partial charge >= 0.3 is 5.97 Å². The number of anilines is 1. The van der Waals surface area contributed by atoms with Crippen molar-refractivity contribution in [2.75, 3.05) is 5.32 Å². The first-order valence-electron chi connectivity index (χ1n) is 4.82. The maximum Gasteiger partial charge on any atom is 0.371 e. The van der Waals surface area contributed by atoms with Crippen molar-refractivity contribution in [3.63, 3.8) is 0 Å². The Bertz CT molecular complexity index is 539. The fourth-order valence-corrected chi connectivity index (χ4v) is 1.46. The quantitative estimate of drug-likeness (QED) is 0.818. The number of pyridine rings is 1. The van der Waals surface area contributed by atoms with E-state index in [0.717, 1.165) is 5.69 Å². The first-order valence-corrected chi connectivity index (χ1v) is 5.20. The molecule has 2 heterocycles. The number of hydrogen-bond acceptors (Lipinski definition) is 4. The van der Waals surface area contributed by atoms with Crippen molar-refractivity contribution < 1.29 is 14.3 Å². The van der Waals surface area contributed by atoms with Crippen molar-refractivity contribution in [2.24, 2.45) is 0 Å². The minimum atomic E-state index is -1.08. The van der Waals surface area contributed by atoms with Crippen LogP contribution >= 0.6 is 11.6 Å². The van der Waals surface area contributed by atoms with Crippen molar-refractivity contribution in [2.45, 2.75) is 6.54 Å². The van der Waals surface area contributed by atoms with Crippen LogP contribution in [0.25, 0.3) is 0 Å². The van der Waals surface area contributed by atoms with E-state index in [0.29, 0.717) is 17.5 Å². The van der Waals surface area contributed by atoms with E-state index < -0.39 is 5.97 Å². The zero-order chi connectivity index (χ0) is 12.3. The Hall–Kier alpha value is -2.01. The van der Waals surface area contributed by atoms with Gasteiger partial charge in [-0.2, -0.15) is 0 Å². The second-order valence-corrected chi connectivity index (χ2v) is 3.68. The van der Waals surface area contributed by atoms with Gasteiger partial charge < -0.3 is 14.8 Å². The van der Waals surface area contributed by atoms with E-state index in [1.54, 1.807) is 24.4 Å². The summed E-state index contributed by atoms with van der Waals surface area (Å²) in [6.07, 6.45) is 1.58. The van der Waals surface area contributed by atoms with Crippen molar-refractivity contribution >= 4 is 23.3 Å². The number of aromatic nitrogens is 1. The van der Waals surface area contributed by atoms with Gasteiger partial charge in [-0.25, -0.2) is 9.78 Å². The molecule has 0 aromatic carbocycles. The summed E-state index contributed by atoms with van der Waals surface area (Å²) in [7, 11) is 0. The third kappa shape index (κ3) is 2.98. The number of carboxylic acids is 1. The van der Waals surface area contributed by atoms with Gasteiger partial charge in [-0.15, -0.1) is 0 Å². The summed E-state index contributed by atoms with van der Waals surface area (Å²) in [4.78, 5) is 14.4. The molecule has 2 aromatic rings. The van der Waals surface area contributed by atoms with E-state index in [4.69, 9.17) is 21.1 Å². The van der Waals surface area contributed by atoms with Crippen LogP contribution in [-0.2, 0) is 6.54 Å². The Morgan fingerprint density at radius 3 is 2.94 bits per heavy atom. The van der Waals surface area contributed by atoms with Crippen molar-refractivity contribution in [3.05, 3.63) is 47.1 Å². The van der Waals surface area contributed by atoms with Crippen LogP contribution in [0.1, 0.15) is 16.3 Å². The lowest BCUT2D eigenvalue weighted by atomic mass is 10.3. The third-order valence-corrected chi connectivity index (χ3v) is 2.27. The van der Waals surface area contributed by atoms with Gasteiger partial charge in [0.25, 0.3) is 0 Å². The highest BCUT2D eigenvalue weighted by Crippen LogP contribution is 2.14. The Balaban J connectivity index is 2.00. The molecule has 0 amide bonds. The predicted molar refractivity (Wildman–Crippen MR) is 62.2 cm³/mol. The molecule has 0 saturated heterocycles. The number of carbonyl (C=O) groups is 1. The molecule has 0 fully saturated rings. The molecule has 0 bridgehead atoms. The highest BCUT2D eigenvalue weighted by Gasteiger charge is 2.08. The number of hydrogen-bond donors (Lipinski definition) is 2. The molecule has 0 aliphatic heterocycles. The fraction of sp³-hybridized carbons (Fsp3) is 0.0909. The van der Waals surface area contributed by atoms with Gasteiger partial charge in [0.15, 0.2) is 0 Å². The van der Waals surface area contributed by atoms with E-state index in [2.05, 4.69) is 10.3 Å². The zero-order valence-electron chi connectivity index (χ0n) is 8.68. The van der Waals surface area contributed by atoms with Gasteiger partial charge in [-0.3, -0.25) is 0 Å². The number of nitrogens with zero attached hydrogens (tertiary/aromatic N) is 1. The number of halogens is 1. The van der Waals surface area contributed by atoms with Crippen LogP contribution in [0.2, 0.25) is 5.15 Å². The maximum atomic E-state index is 10.6. The molecule has 2 N–H and O–H groups in total. The topological polar surface area (TPSA) is 75.4 Å². The minimum absolute atomic E-state index is 0.0745. The molecule has 88 valence electrons. The molecule has 2 aromatic heterocycles. The highest BCUT2D eigenvalue weighted by atomic mass is 35.5.